The summed E-state index contributed by atoms with van der Waals surface area (Å²) in [6.45, 7) is 1.94. The smallest absolute Gasteiger partial charge is 0.127 e. The third-order valence-corrected chi connectivity index (χ3v) is 2.47. The van der Waals surface area contributed by atoms with Gasteiger partial charge in [0.1, 0.15) is 11.5 Å². The van der Waals surface area contributed by atoms with Crippen LogP contribution < -0.4 is 10.1 Å². The Morgan fingerprint density at radius 1 is 1.00 bits per heavy atom. The second-order valence-electron chi connectivity index (χ2n) is 3.97. The molecule has 0 saturated carbocycles. The normalized spacial score (nSPS) is 11.3. The van der Waals surface area contributed by atoms with Gasteiger partial charge in [-0.2, -0.15) is 0 Å². The van der Waals surface area contributed by atoms with Crippen molar-refractivity contribution < 1.29 is 4.74 Å². The SMILES string of the molecule is C#CC(C)Nc1ccc(Oc2ccccc2)cc1. The minimum absolute atomic E-state index is 0.0193. The Bertz CT molecular complexity index is 525. The molecule has 0 aliphatic rings. The first kappa shape index (κ1) is 12.1. The number of hydrogen-bond acceptors (Lipinski definition) is 2. The molecule has 0 aliphatic heterocycles. The molecule has 1 atom stereocenters. The van der Waals surface area contributed by atoms with Crippen LogP contribution in [0.2, 0.25) is 0 Å². The van der Waals surface area contributed by atoms with Crippen molar-refractivity contribution in [2.24, 2.45) is 0 Å². The van der Waals surface area contributed by atoms with Gasteiger partial charge in [0.2, 0.25) is 0 Å². The summed E-state index contributed by atoms with van der Waals surface area (Å²) in [6, 6.07) is 17.4. The summed E-state index contributed by atoms with van der Waals surface area (Å²) < 4.78 is 5.70. The zero-order chi connectivity index (χ0) is 12.8. The van der Waals surface area contributed by atoms with E-state index in [2.05, 4.69) is 11.2 Å². The summed E-state index contributed by atoms with van der Waals surface area (Å²) in [6.07, 6.45) is 5.31. The molecular formula is C16H15NO. The van der Waals surface area contributed by atoms with Crippen LogP contribution in [-0.4, -0.2) is 6.04 Å². The molecule has 0 aromatic heterocycles. The molecule has 0 spiro atoms. The first-order chi connectivity index (χ1) is 8.78. The van der Waals surface area contributed by atoms with Crippen molar-refractivity contribution in [2.45, 2.75) is 13.0 Å². The van der Waals surface area contributed by atoms with E-state index in [0.29, 0.717) is 0 Å². The number of ether oxygens (including phenoxy) is 1. The molecule has 2 nitrogen and oxygen atoms in total. The predicted octanol–water partition coefficient (Wildman–Crippen LogP) is 3.91. The van der Waals surface area contributed by atoms with Crippen LogP contribution in [0, 0.1) is 12.3 Å². The second-order valence-corrected chi connectivity index (χ2v) is 3.97. The lowest BCUT2D eigenvalue weighted by Crippen LogP contribution is -2.11. The molecule has 2 aromatic carbocycles. The predicted molar refractivity (Wildman–Crippen MR) is 74.9 cm³/mol. The van der Waals surface area contributed by atoms with Crippen LogP contribution in [0.4, 0.5) is 5.69 Å². The maximum absolute atomic E-state index is 5.70. The molecule has 90 valence electrons. The second kappa shape index (κ2) is 5.79. The Kier molecular flexibility index (Phi) is 3.88. The Balaban J connectivity index is 2.02. The molecule has 0 saturated heterocycles. The summed E-state index contributed by atoms with van der Waals surface area (Å²) in [5.41, 5.74) is 0.987. The maximum atomic E-state index is 5.70. The maximum Gasteiger partial charge on any atom is 0.127 e. The highest BCUT2D eigenvalue weighted by atomic mass is 16.5. The van der Waals surface area contributed by atoms with Crippen molar-refractivity contribution in [3.63, 3.8) is 0 Å². The van der Waals surface area contributed by atoms with Crippen LogP contribution in [0.5, 0.6) is 11.5 Å². The van der Waals surface area contributed by atoms with Crippen molar-refractivity contribution in [1.82, 2.24) is 0 Å². The van der Waals surface area contributed by atoms with Crippen LogP contribution in [0.3, 0.4) is 0 Å². The van der Waals surface area contributed by atoms with Gasteiger partial charge in [0.25, 0.3) is 0 Å². The average Bonchev–Trinajstić information content (AvgIpc) is 2.42. The molecule has 0 amide bonds. The van der Waals surface area contributed by atoms with Gasteiger partial charge in [-0.25, -0.2) is 0 Å². The van der Waals surface area contributed by atoms with E-state index in [-0.39, 0.29) is 6.04 Å². The van der Waals surface area contributed by atoms with E-state index >= 15 is 0 Å². The van der Waals surface area contributed by atoms with Gasteiger partial charge in [0, 0.05) is 5.69 Å². The van der Waals surface area contributed by atoms with Crippen molar-refractivity contribution >= 4 is 5.69 Å². The summed E-state index contributed by atoms with van der Waals surface area (Å²) in [4.78, 5) is 0. The number of terminal acetylenes is 1. The van der Waals surface area contributed by atoms with Crippen molar-refractivity contribution in [3.8, 4) is 23.8 Å². The zero-order valence-electron chi connectivity index (χ0n) is 10.3. The van der Waals surface area contributed by atoms with E-state index in [9.17, 15) is 0 Å². The summed E-state index contributed by atoms with van der Waals surface area (Å²) >= 11 is 0. The number of anilines is 1. The van der Waals surface area contributed by atoms with Gasteiger partial charge in [0.05, 0.1) is 6.04 Å². The lowest BCUT2D eigenvalue weighted by Gasteiger charge is -2.10. The third-order valence-electron chi connectivity index (χ3n) is 2.47. The lowest BCUT2D eigenvalue weighted by molar-refractivity contribution is 0.483. The Morgan fingerprint density at radius 2 is 1.61 bits per heavy atom. The first-order valence-electron chi connectivity index (χ1n) is 5.83. The van der Waals surface area contributed by atoms with Crippen LogP contribution >= 0.6 is 0 Å². The van der Waals surface area contributed by atoms with Crippen LogP contribution in [0.25, 0.3) is 0 Å². The van der Waals surface area contributed by atoms with E-state index in [1.54, 1.807) is 0 Å². The van der Waals surface area contributed by atoms with Crippen molar-refractivity contribution in [3.05, 3.63) is 54.6 Å². The van der Waals surface area contributed by atoms with E-state index in [1.807, 2.05) is 61.5 Å². The molecule has 2 rings (SSSR count). The third kappa shape index (κ3) is 3.29. The van der Waals surface area contributed by atoms with Gasteiger partial charge in [-0.15, -0.1) is 6.42 Å². The Morgan fingerprint density at radius 3 is 2.22 bits per heavy atom. The highest BCUT2D eigenvalue weighted by molar-refractivity contribution is 5.48. The summed E-state index contributed by atoms with van der Waals surface area (Å²) in [7, 11) is 0. The van der Waals surface area contributed by atoms with Crippen LogP contribution in [0.15, 0.2) is 54.6 Å². The first-order valence-corrected chi connectivity index (χ1v) is 5.83. The Hall–Kier alpha value is -2.40. The molecule has 0 radical (unpaired) electrons. The van der Waals surface area contributed by atoms with Crippen LogP contribution in [0.1, 0.15) is 6.92 Å². The van der Waals surface area contributed by atoms with Crippen molar-refractivity contribution in [1.29, 1.82) is 0 Å². The molecule has 2 heteroatoms. The Labute approximate surface area is 108 Å². The molecule has 0 heterocycles. The van der Waals surface area contributed by atoms with Gasteiger partial charge in [0.15, 0.2) is 0 Å². The molecule has 0 aliphatic carbocycles. The number of benzene rings is 2. The van der Waals surface area contributed by atoms with Gasteiger partial charge >= 0.3 is 0 Å². The highest BCUT2D eigenvalue weighted by Crippen LogP contribution is 2.22. The van der Waals surface area contributed by atoms with E-state index < -0.39 is 0 Å². The number of para-hydroxylation sites is 1. The van der Waals surface area contributed by atoms with E-state index in [4.69, 9.17) is 11.2 Å². The summed E-state index contributed by atoms with van der Waals surface area (Å²) in [5, 5.41) is 3.19. The molecule has 1 unspecified atom stereocenters. The van der Waals surface area contributed by atoms with Gasteiger partial charge in [-0.1, -0.05) is 24.1 Å². The molecular weight excluding hydrogens is 222 g/mol. The molecule has 18 heavy (non-hydrogen) atoms. The fourth-order valence-corrected chi connectivity index (χ4v) is 1.54. The highest BCUT2D eigenvalue weighted by Gasteiger charge is 1.99. The van der Waals surface area contributed by atoms with Crippen LogP contribution in [-0.2, 0) is 0 Å². The summed E-state index contributed by atoms with van der Waals surface area (Å²) in [5.74, 6) is 4.26. The topological polar surface area (TPSA) is 21.3 Å². The number of hydrogen-bond donors (Lipinski definition) is 1. The van der Waals surface area contributed by atoms with E-state index in [0.717, 1.165) is 17.2 Å². The zero-order valence-corrected chi connectivity index (χ0v) is 10.3. The van der Waals surface area contributed by atoms with Gasteiger partial charge < -0.3 is 10.1 Å². The molecule has 0 bridgehead atoms. The van der Waals surface area contributed by atoms with Crippen molar-refractivity contribution in [2.75, 3.05) is 5.32 Å². The molecule has 1 N–H and O–H groups in total. The minimum Gasteiger partial charge on any atom is -0.457 e. The fourth-order valence-electron chi connectivity index (χ4n) is 1.54. The average molecular weight is 237 g/mol. The van der Waals surface area contributed by atoms with Gasteiger partial charge in [-0.05, 0) is 43.3 Å². The van der Waals surface area contributed by atoms with E-state index in [1.165, 1.54) is 0 Å². The number of nitrogens with one attached hydrogen (secondary N) is 1. The monoisotopic (exact) mass is 237 g/mol. The standard InChI is InChI=1S/C16H15NO/c1-3-13(2)17-14-9-11-16(12-10-14)18-15-7-5-4-6-8-15/h1,4-13,17H,2H3. The fraction of sp³-hybridized carbons (Fsp3) is 0.125. The molecule has 2 aromatic rings. The molecule has 0 fully saturated rings. The quantitative estimate of drug-likeness (QED) is 0.814. The lowest BCUT2D eigenvalue weighted by atomic mass is 10.2. The number of rotatable bonds is 4. The minimum atomic E-state index is 0.0193. The van der Waals surface area contributed by atoms with Gasteiger partial charge in [-0.3, -0.25) is 0 Å². The largest absolute Gasteiger partial charge is 0.457 e.